The molecule has 0 aromatic carbocycles. The molecule has 7 nitrogen and oxygen atoms in total. The van der Waals surface area contributed by atoms with Crippen LogP contribution in [-0.4, -0.2) is 36.8 Å². The number of halogens is 1. The third kappa shape index (κ3) is 2.82. The number of nitro groups is 1. The zero-order chi connectivity index (χ0) is 15.1. The van der Waals surface area contributed by atoms with Crippen LogP contribution in [0.1, 0.15) is 13.3 Å². The van der Waals surface area contributed by atoms with E-state index < -0.39 is 14.9 Å². The van der Waals surface area contributed by atoms with Crippen LogP contribution in [0.4, 0.5) is 5.69 Å². The first kappa shape index (κ1) is 15.6. The summed E-state index contributed by atoms with van der Waals surface area (Å²) < 4.78 is 26.0. The summed E-state index contributed by atoms with van der Waals surface area (Å²) in [6.45, 7) is 2.51. The molecule has 0 bridgehead atoms. The first-order valence-corrected chi connectivity index (χ1v) is 8.56. The predicted molar refractivity (Wildman–Crippen MR) is 76.5 cm³/mol. The highest BCUT2D eigenvalue weighted by atomic mass is 35.5. The highest BCUT2D eigenvalue weighted by molar-refractivity contribution is 7.91. The van der Waals surface area contributed by atoms with Gasteiger partial charge in [-0.1, -0.05) is 18.5 Å². The Bertz CT molecular complexity index is 630. The van der Waals surface area contributed by atoms with Gasteiger partial charge in [0.1, 0.15) is 4.21 Å². The van der Waals surface area contributed by atoms with Gasteiger partial charge in [0, 0.05) is 25.2 Å². The number of nitrogens with two attached hydrogens (primary N) is 1. The summed E-state index contributed by atoms with van der Waals surface area (Å²) in [6, 6.07) is 0.990. The van der Waals surface area contributed by atoms with Crippen molar-refractivity contribution in [3.05, 3.63) is 20.5 Å². The Morgan fingerprint density at radius 1 is 1.60 bits per heavy atom. The number of rotatable bonds is 3. The largest absolute Gasteiger partial charge is 0.327 e. The minimum Gasteiger partial charge on any atom is -0.327 e. The molecule has 0 spiro atoms. The Morgan fingerprint density at radius 2 is 2.25 bits per heavy atom. The molecule has 0 saturated carbocycles. The van der Waals surface area contributed by atoms with Crippen LogP contribution in [0.15, 0.2) is 10.3 Å². The first-order chi connectivity index (χ1) is 9.23. The smallest absolute Gasteiger partial charge is 0.300 e. The molecule has 1 aliphatic heterocycles. The fraction of sp³-hybridized carbons (Fsp3) is 0.600. The van der Waals surface area contributed by atoms with Gasteiger partial charge in [-0.3, -0.25) is 10.1 Å². The van der Waals surface area contributed by atoms with E-state index in [0.29, 0.717) is 30.8 Å². The van der Waals surface area contributed by atoms with E-state index in [1.54, 1.807) is 0 Å². The van der Waals surface area contributed by atoms with Gasteiger partial charge < -0.3 is 5.73 Å². The van der Waals surface area contributed by atoms with E-state index >= 15 is 0 Å². The summed E-state index contributed by atoms with van der Waals surface area (Å²) in [4.78, 5) is 10.0. The van der Waals surface area contributed by atoms with Crippen molar-refractivity contribution in [3.8, 4) is 0 Å². The van der Waals surface area contributed by atoms with E-state index in [0.717, 1.165) is 6.07 Å². The molecule has 1 aliphatic rings. The minimum absolute atomic E-state index is 0.0253. The topological polar surface area (TPSA) is 107 Å². The van der Waals surface area contributed by atoms with Crippen molar-refractivity contribution in [2.45, 2.75) is 23.6 Å². The van der Waals surface area contributed by atoms with Gasteiger partial charge in [0.15, 0.2) is 4.34 Å². The Balaban J connectivity index is 2.31. The Morgan fingerprint density at radius 3 is 2.75 bits per heavy atom. The molecule has 2 heterocycles. The van der Waals surface area contributed by atoms with Crippen LogP contribution in [0.25, 0.3) is 0 Å². The highest BCUT2D eigenvalue weighted by Crippen LogP contribution is 2.38. The molecule has 0 radical (unpaired) electrons. The normalized spacial score (nSPS) is 24.8. The Hall–Kier alpha value is -0.740. The second-order valence-corrected chi connectivity index (χ2v) is 8.59. The minimum atomic E-state index is -3.75. The lowest BCUT2D eigenvalue weighted by molar-refractivity contribution is -0.384. The van der Waals surface area contributed by atoms with Crippen LogP contribution in [0, 0.1) is 16.0 Å². The van der Waals surface area contributed by atoms with Gasteiger partial charge in [0.2, 0.25) is 0 Å². The Kier molecular flexibility index (Phi) is 4.35. The van der Waals surface area contributed by atoms with Gasteiger partial charge >= 0.3 is 0 Å². The summed E-state index contributed by atoms with van der Waals surface area (Å²) >= 11 is 6.42. The molecule has 0 aliphatic carbocycles. The molecule has 10 heteroatoms. The van der Waals surface area contributed by atoms with Crippen LogP contribution in [-0.2, 0) is 10.0 Å². The van der Waals surface area contributed by atoms with E-state index in [4.69, 9.17) is 17.3 Å². The number of thiophene rings is 1. The van der Waals surface area contributed by atoms with E-state index in [1.807, 2.05) is 6.92 Å². The van der Waals surface area contributed by atoms with Crippen molar-refractivity contribution < 1.29 is 13.3 Å². The number of hydrogen-bond donors (Lipinski definition) is 1. The molecule has 2 rings (SSSR count). The molecule has 1 fully saturated rings. The molecule has 112 valence electrons. The van der Waals surface area contributed by atoms with Crippen LogP contribution in [0.3, 0.4) is 0 Å². The van der Waals surface area contributed by atoms with Crippen molar-refractivity contribution in [1.29, 1.82) is 0 Å². The molecule has 1 aromatic rings. The lowest BCUT2D eigenvalue weighted by atomic mass is 9.96. The fourth-order valence-electron chi connectivity index (χ4n) is 2.06. The SMILES string of the molecule is CC1CN(S(=O)(=O)c2cc([N+](=O)[O-])c(Cl)s2)CCC1N. The van der Waals surface area contributed by atoms with Crippen molar-refractivity contribution >= 4 is 38.6 Å². The molecule has 1 saturated heterocycles. The molecule has 2 unspecified atom stereocenters. The van der Waals surface area contributed by atoms with Crippen molar-refractivity contribution in [2.24, 2.45) is 11.7 Å². The van der Waals surface area contributed by atoms with Gasteiger partial charge in [0.25, 0.3) is 15.7 Å². The average molecular weight is 340 g/mol. The number of piperidine rings is 1. The summed E-state index contributed by atoms with van der Waals surface area (Å²) in [7, 11) is -3.75. The number of hydrogen-bond acceptors (Lipinski definition) is 6. The number of nitrogens with zero attached hydrogens (tertiary/aromatic N) is 2. The van der Waals surface area contributed by atoms with E-state index in [2.05, 4.69) is 0 Å². The monoisotopic (exact) mass is 339 g/mol. The van der Waals surface area contributed by atoms with Crippen LogP contribution >= 0.6 is 22.9 Å². The van der Waals surface area contributed by atoms with E-state index in [-0.39, 0.29) is 26.2 Å². The predicted octanol–water partition coefficient (Wildman–Crippen LogP) is 1.67. The van der Waals surface area contributed by atoms with Crippen LogP contribution in [0.2, 0.25) is 4.34 Å². The quantitative estimate of drug-likeness (QED) is 0.665. The molecule has 2 atom stereocenters. The summed E-state index contributed by atoms with van der Waals surface area (Å²) in [5.41, 5.74) is 5.48. The van der Waals surface area contributed by atoms with Gasteiger partial charge in [-0.25, -0.2) is 8.42 Å². The lowest BCUT2D eigenvalue weighted by Gasteiger charge is -2.33. The zero-order valence-corrected chi connectivity index (χ0v) is 13.0. The van der Waals surface area contributed by atoms with Crippen molar-refractivity contribution in [2.75, 3.05) is 13.1 Å². The Labute approximate surface area is 125 Å². The summed E-state index contributed by atoms with van der Waals surface area (Å²) in [5.74, 6) is 0.0453. The van der Waals surface area contributed by atoms with E-state index in [9.17, 15) is 18.5 Å². The maximum Gasteiger partial charge on any atom is 0.300 e. The van der Waals surface area contributed by atoms with Gasteiger partial charge in [-0.15, -0.1) is 11.3 Å². The van der Waals surface area contributed by atoms with Crippen LogP contribution in [0.5, 0.6) is 0 Å². The zero-order valence-electron chi connectivity index (χ0n) is 10.7. The summed E-state index contributed by atoms with van der Waals surface area (Å²) in [5, 5.41) is 10.7. The summed E-state index contributed by atoms with van der Waals surface area (Å²) in [6.07, 6.45) is 0.571. The molecule has 2 N–H and O–H groups in total. The maximum atomic E-state index is 12.4. The number of sulfonamides is 1. The molecular weight excluding hydrogens is 326 g/mol. The second kappa shape index (κ2) is 5.57. The van der Waals surface area contributed by atoms with Gasteiger partial charge in [0.05, 0.1) is 4.92 Å². The van der Waals surface area contributed by atoms with Gasteiger partial charge in [-0.05, 0) is 12.3 Å². The third-order valence-electron chi connectivity index (χ3n) is 3.37. The second-order valence-electron chi connectivity index (χ2n) is 4.77. The van der Waals surface area contributed by atoms with Crippen molar-refractivity contribution in [1.82, 2.24) is 4.31 Å². The maximum absolute atomic E-state index is 12.4. The van der Waals surface area contributed by atoms with Crippen LogP contribution < -0.4 is 5.73 Å². The van der Waals surface area contributed by atoms with E-state index in [1.165, 1.54) is 4.31 Å². The molecule has 1 aromatic heterocycles. The molecule has 20 heavy (non-hydrogen) atoms. The first-order valence-electron chi connectivity index (χ1n) is 5.93. The standard InChI is InChI=1S/C10H14ClN3O4S2/c1-6-5-13(3-2-7(6)12)20(17,18)9-4-8(14(15)16)10(11)19-9/h4,6-7H,2-3,5,12H2,1H3. The van der Waals surface area contributed by atoms with Crippen molar-refractivity contribution in [3.63, 3.8) is 0 Å². The molecule has 0 amide bonds. The molecular formula is C10H14ClN3O4S2. The average Bonchev–Trinajstić information content (AvgIpc) is 2.75. The third-order valence-corrected chi connectivity index (χ3v) is 7.02. The fourth-order valence-corrected chi connectivity index (χ4v) is 5.44. The highest BCUT2D eigenvalue weighted by Gasteiger charge is 2.34. The van der Waals surface area contributed by atoms with Gasteiger partial charge in [-0.2, -0.15) is 4.31 Å². The lowest BCUT2D eigenvalue weighted by Crippen LogP contribution is -2.47.